The third-order valence-electron chi connectivity index (χ3n) is 5.76. The SMILES string of the molecule is CCC1(CC)c2ccccc2-c2c1cc(O)c1cc(OC)ccc21. The summed E-state index contributed by atoms with van der Waals surface area (Å²) < 4.78 is 5.34. The second-order valence-corrected chi connectivity index (χ2v) is 6.56. The number of phenolic OH excluding ortho intramolecular Hbond substituents is 1. The van der Waals surface area contributed by atoms with E-state index in [1.807, 2.05) is 18.2 Å². The molecule has 24 heavy (non-hydrogen) atoms. The van der Waals surface area contributed by atoms with E-state index < -0.39 is 0 Å². The molecule has 1 aliphatic rings. The zero-order valence-electron chi connectivity index (χ0n) is 14.4. The molecule has 3 aromatic carbocycles. The van der Waals surface area contributed by atoms with E-state index in [1.54, 1.807) is 7.11 Å². The average molecular weight is 318 g/mol. The first-order chi connectivity index (χ1) is 11.7. The van der Waals surface area contributed by atoms with Crippen LogP contribution in [0.25, 0.3) is 21.9 Å². The van der Waals surface area contributed by atoms with E-state index in [2.05, 4.69) is 44.2 Å². The molecule has 1 aliphatic carbocycles. The molecule has 0 radical (unpaired) electrons. The molecule has 3 aromatic rings. The van der Waals surface area contributed by atoms with E-state index in [0.29, 0.717) is 5.75 Å². The van der Waals surface area contributed by atoms with Gasteiger partial charge in [-0.25, -0.2) is 0 Å². The van der Waals surface area contributed by atoms with Crippen LogP contribution in [0.15, 0.2) is 48.5 Å². The van der Waals surface area contributed by atoms with Crippen LogP contribution in [0.1, 0.15) is 37.8 Å². The fourth-order valence-electron chi connectivity index (χ4n) is 4.45. The molecule has 4 rings (SSSR count). The van der Waals surface area contributed by atoms with E-state index in [-0.39, 0.29) is 5.41 Å². The zero-order chi connectivity index (χ0) is 16.9. The van der Waals surface area contributed by atoms with Gasteiger partial charge in [-0.1, -0.05) is 38.1 Å². The van der Waals surface area contributed by atoms with Crippen molar-refractivity contribution in [1.82, 2.24) is 0 Å². The predicted molar refractivity (Wildman–Crippen MR) is 99.0 cm³/mol. The molecule has 0 saturated carbocycles. The van der Waals surface area contributed by atoms with Gasteiger partial charge in [0.05, 0.1) is 7.11 Å². The molecule has 122 valence electrons. The maximum atomic E-state index is 10.7. The first-order valence-electron chi connectivity index (χ1n) is 8.60. The van der Waals surface area contributed by atoms with Crippen LogP contribution in [0.2, 0.25) is 0 Å². The Morgan fingerprint density at radius 3 is 2.38 bits per heavy atom. The summed E-state index contributed by atoms with van der Waals surface area (Å²) >= 11 is 0. The number of benzene rings is 3. The lowest BCUT2D eigenvalue weighted by atomic mass is 9.73. The quantitative estimate of drug-likeness (QED) is 0.677. The summed E-state index contributed by atoms with van der Waals surface area (Å²) in [7, 11) is 1.65. The molecule has 2 heteroatoms. The maximum Gasteiger partial charge on any atom is 0.123 e. The topological polar surface area (TPSA) is 29.5 Å². The van der Waals surface area contributed by atoms with Crippen LogP contribution in [0.3, 0.4) is 0 Å². The van der Waals surface area contributed by atoms with Gasteiger partial charge in [0.2, 0.25) is 0 Å². The van der Waals surface area contributed by atoms with E-state index in [1.165, 1.54) is 22.3 Å². The molecule has 0 heterocycles. The third kappa shape index (κ3) is 1.77. The summed E-state index contributed by atoms with van der Waals surface area (Å²) in [5.74, 6) is 1.10. The van der Waals surface area contributed by atoms with Crippen LogP contribution in [0.5, 0.6) is 11.5 Å². The minimum absolute atomic E-state index is 0.0163. The summed E-state index contributed by atoms with van der Waals surface area (Å²) in [6, 6.07) is 16.6. The average Bonchev–Trinajstić information content (AvgIpc) is 2.91. The number of hydrogen-bond donors (Lipinski definition) is 1. The van der Waals surface area contributed by atoms with E-state index in [0.717, 1.165) is 29.4 Å². The van der Waals surface area contributed by atoms with Crippen LogP contribution < -0.4 is 4.74 Å². The number of methoxy groups -OCH3 is 1. The molecule has 0 aliphatic heterocycles. The first-order valence-corrected chi connectivity index (χ1v) is 8.60. The fourth-order valence-corrected chi connectivity index (χ4v) is 4.45. The molecule has 1 N–H and O–H groups in total. The van der Waals surface area contributed by atoms with Gasteiger partial charge in [0.15, 0.2) is 0 Å². The largest absolute Gasteiger partial charge is 0.507 e. The van der Waals surface area contributed by atoms with Crippen LogP contribution in [-0.4, -0.2) is 12.2 Å². The van der Waals surface area contributed by atoms with Gasteiger partial charge in [-0.05, 0) is 64.7 Å². The molecule has 2 nitrogen and oxygen atoms in total. The third-order valence-corrected chi connectivity index (χ3v) is 5.76. The first kappa shape index (κ1) is 15.1. The number of hydrogen-bond acceptors (Lipinski definition) is 2. The van der Waals surface area contributed by atoms with E-state index >= 15 is 0 Å². The molecular weight excluding hydrogens is 296 g/mol. The highest BCUT2D eigenvalue weighted by Crippen LogP contribution is 2.56. The Kier molecular flexibility index (Phi) is 3.31. The monoisotopic (exact) mass is 318 g/mol. The Hall–Kier alpha value is -2.48. The normalized spacial score (nSPS) is 14.5. The smallest absolute Gasteiger partial charge is 0.123 e. The minimum atomic E-state index is -0.0163. The van der Waals surface area contributed by atoms with Crippen molar-refractivity contribution in [3.63, 3.8) is 0 Å². The van der Waals surface area contributed by atoms with Gasteiger partial charge in [0.25, 0.3) is 0 Å². The predicted octanol–water partition coefficient (Wildman–Crippen LogP) is 5.64. The molecular formula is C22H22O2. The molecule has 0 fully saturated rings. The van der Waals surface area contributed by atoms with Gasteiger partial charge in [0, 0.05) is 10.8 Å². The lowest BCUT2D eigenvalue weighted by Crippen LogP contribution is -2.22. The summed E-state index contributed by atoms with van der Waals surface area (Å²) in [5.41, 5.74) is 5.19. The summed E-state index contributed by atoms with van der Waals surface area (Å²) in [5, 5.41) is 12.7. The van der Waals surface area contributed by atoms with Crippen LogP contribution >= 0.6 is 0 Å². The second kappa shape index (κ2) is 5.27. The molecule has 0 bridgehead atoms. The highest BCUT2D eigenvalue weighted by molar-refractivity contribution is 6.05. The molecule has 0 saturated heterocycles. The summed E-state index contributed by atoms with van der Waals surface area (Å²) in [6.07, 6.45) is 2.04. The van der Waals surface area contributed by atoms with Crippen LogP contribution in [-0.2, 0) is 5.41 Å². The van der Waals surface area contributed by atoms with Crippen molar-refractivity contribution in [2.75, 3.05) is 7.11 Å². The number of aromatic hydroxyl groups is 1. The lowest BCUT2D eigenvalue weighted by Gasteiger charge is -2.29. The second-order valence-electron chi connectivity index (χ2n) is 6.56. The van der Waals surface area contributed by atoms with Gasteiger partial charge >= 0.3 is 0 Å². The Morgan fingerprint density at radius 1 is 0.917 bits per heavy atom. The molecule has 0 amide bonds. The van der Waals surface area contributed by atoms with Crippen molar-refractivity contribution in [1.29, 1.82) is 0 Å². The highest BCUT2D eigenvalue weighted by Gasteiger charge is 2.41. The number of fused-ring (bicyclic) bond motifs is 5. The molecule has 0 unspecified atom stereocenters. The Labute approximate surface area is 142 Å². The summed E-state index contributed by atoms with van der Waals surface area (Å²) in [6.45, 7) is 4.48. The van der Waals surface area contributed by atoms with Crippen molar-refractivity contribution in [3.8, 4) is 22.6 Å². The van der Waals surface area contributed by atoms with Gasteiger partial charge in [-0.15, -0.1) is 0 Å². The molecule has 0 atom stereocenters. The lowest BCUT2D eigenvalue weighted by molar-refractivity contribution is 0.415. The minimum Gasteiger partial charge on any atom is -0.507 e. The number of phenols is 1. The molecule has 0 spiro atoms. The standard InChI is InChI=1S/C22H22O2/c1-4-22(5-2)18-9-7-6-8-16(18)21-15-11-10-14(24-3)12-17(15)20(23)13-19(21)22/h6-13,23H,4-5H2,1-3H3. The van der Waals surface area contributed by atoms with Gasteiger partial charge in [0.1, 0.15) is 11.5 Å². The van der Waals surface area contributed by atoms with Crippen molar-refractivity contribution in [2.45, 2.75) is 32.1 Å². The van der Waals surface area contributed by atoms with Gasteiger partial charge < -0.3 is 9.84 Å². The van der Waals surface area contributed by atoms with Gasteiger partial charge in [-0.3, -0.25) is 0 Å². The number of ether oxygens (including phenoxy) is 1. The summed E-state index contributed by atoms with van der Waals surface area (Å²) in [4.78, 5) is 0. The maximum absolute atomic E-state index is 10.7. The fraction of sp³-hybridized carbons (Fsp3) is 0.273. The van der Waals surface area contributed by atoms with Crippen molar-refractivity contribution < 1.29 is 9.84 Å². The molecule has 0 aromatic heterocycles. The van der Waals surface area contributed by atoms with Crippen molar-refractivity contribution in [3.05, 3.63) is 59.7 Å². The Balaban J connectivity index is 2.17. The Bertz CT molecular complexity index is 936. The van der Waals surface area contributed by atoms with E-state index in [4.69, 9.17) is 4.74 Å². The van der Waals surface area contributed by atoms with E-state index in [9.17, 15) is 5.11 Å². The number of rotatable bonds is 3. The van der Waals surface area contributed by atoms with Crippen LogP contribution in [0, 0.1) is 0 Å². The Morgan fingerprint density at radius 2 is 1.67 bits per heavy atom. The van der Waals surface area contributed by atoms with Crippen LogP contribution in [0.4, 0.5) is 0 Å². The van der Waals surface area contributed by atoms with Crippen molar-refractivity contribution >= 4 is 10.8 Å². The zero-order valence-corrected chi connectivity index (χ0v) is 14.4. The van der Waals surface area contributed by atoms with Gasteiger partial charge in [-0.2, -0.15) is 0 Å². The van der Waals surface area contributed by atoms with Crippen molar-refractivity contribution in [2.24, 2.45) is 0 Å². The highest BCUT2D eigenvalue weighted by atomic mass is 16.5.